The van der Waals surface area contributed by atoms with E-state index in [9.17, 15) is 0 Å². The zero-order valence-electron chi connectivity index (χ0n) is 6.51. The molecule has 1 heterocycles. The number of hydrogen-bond donors (Lipinski definition) is 0. The van der Waals surface area contributed by atoms with E-state index in [0.29, 0.717) is 0 Å². The number of rotatable bonds is 3. The fraction of sp³-hybridized carbons (Fsp3) is 0.333. The summed E-state index contributed by atoms with van der Waals surface area (Å²) in [5.41, 5.74) is 2.74. The topological polar surface area (TPSA) is 0 Å². The summed E-state index contributed by atoms with van der Waals surface area (Å²) in [6.45, 7) is 2.16. The Morgan fingerprint density at radius 2 is 2.55 bits per heavy atom. The molecule has 2 heteroatoms. The van der Waals surface area contributed by atoms with E-state index in [-0.39, 0.29) is 0 Å². The Kier molecular flexibility index (Phi) is 3.87. The molecule has 1 aromatic rings. The summed E-state index contributed by atoms with van der Waals surface area (Å²) < 4.78 is 0. The lowest BCUT2D eigenvalue weighted by molar-refractivity contribution is 1.26. The average molecular weight is 231 g/mol. The van der Waals surface area contributed by atoms with Crippen molar-refractivity contribution in [2.45, 2.75) is 13.3 Å². The Balaban J connectivity index is 2.62. The first-order chi connectivity index (χ1) is 5.34. The minimum Gasteiger partial charge on any atom is -0.152 e. The van der Waals surface area contributed by atoms with Crippen LogP contribution in [0, 0.1) is 0 Å². The molecule has 1 rings (SSSR count). The number of allylic oxidation sites excluding steroid dienone is 2. The van der Waals surface area contributed by atoms with Gasteiger partial charge >= 0.3 is 0 Å². The van der Waals surface area contributed by atoms with Gasteiger partial charge in [0.15, 0.2) is 0 Å². The maximum Gasteiger partial charge on any atom is 0.00661 e. The summed E-state index contributed by atoms with van der Waals surface area (Å²) in [6.07, 6.45) is 3.37. The zero-order valence-corrected chi connectivity index (χ0v) is 8.91. The summed E-state index contributed by atoms with van der Waals surface area (Å²) in [7, 11) is 0. The van der Waals surface area contributed by atoms with Gasteiger partial charge in [-0.25, -0.2) is 0 Å². The molecule has 0 amide bonds. The second-order valence-corrected chi connectivity index (χ2v) is 3.95. The van der Waals surface area contributed by atoms with Crippen LogP contribution in [0.4, 0.5) is 0 Å². The van der Waals surface area contributed by atoms with Crippen molar-refractivity contribution in [3.8, 4) is 0 Å². The van der Waals surface area contributed by atoms with E-state index in [1.807, 2.05) is 0 Å². The van der Waals surface area contributed by atoms with Gasteiger partial charge in [-0.2, -0.15) is 11.3 Å². The highest BCUT2D eigenvalue weighted by Crippen LogP contribution is 2.17. The van der Waals surface area contributed by atoms with Crippen molar-refractivity contribution in [2.75, 3.05) is 5.33 Å². The minimum atomic E-state index is 1.05. The summed E-state index contributed by atoms with van der Waals surface area (Å²) in [5, 5.41) is 5.34. The largest absolute Gasteiger partial charge is 0.152 e. The lowest BCUT2D eigenvalue weighted by Crippen LogP contribution is -1.74. The molecule has 60 valence electrons. The van der Waals surface area contributed by atoms with Crippen LogP contribution in [0.25, 0.3) is 5.57 Å². The fourth-order valence-electron chi connectivity index (χ4n) is 0.878. The summed E-state index contributed by atoms with van der Waals surface area (Å²) in [4.78, 5) is 0. The van der Waals surface area contributed by atoms with Crippen LogP contribution in [-0.4, -0.2) is 5.33 Å². The SMILES string of the molecule is CC(=CCCBr)c1ccsc1. The highest BCUT2D eigenvalue weighted by molar-refractivity contribution is 9.09. The molecule has 0 nitrogen and oxygen atoms in total. The summed E-state index contributed by atoms with van der Waals surface area (Å²) in [6, 6.07) is 2.16. The maximum absolute atomic E-state index is 3.40. The quantitative estimate of drug-likeness (QED) is 0.691. The standard InChI is InChI=1S/C9H11BrS/c1-8(3-2-5-10)9-4-6-11-7-9/h3-4,6-7H,2,5H2,1H3. The van der Waals surface area contributed by atoms with Gasteiger partial charge in [-0.15, -0.1) is 0 Å². The Bertz CT molecular complexity index is 224. The van der Waals surface area contributed by atoms with E-state index < -0.39 is 0 Å². The van der Waals surface area contributed by atoms with Gasteiger partial charge in [0.1, 0.15) is 0 Å². The highest BCUT2D eigenvalue weighted by Gasteiger charge is 1.93. The molecule has 0 radical (unpaired) electrons. The average Bonchev–Trinajstić information content (AvgIpc) is 2.52. The third-order valence-electron chi connectivity index (χ3n) is 1.54. The molecule has 0 bridgehead atoms. The predicted molar refractivity (Wildman–Crippen MR) is 56.4 cm³/mol. The van der Waals surface area contributed by atoms with Crippen molar-refractivity contribution in [1.82, 2.24) is 0 Å². The molecule has 0 spiro atoms. The van der Waals surface area contributed by atoms with E-state index in [0.717, 1.165) is 11.8 Å². The molecule has 0 aliphatic heterocycles. The summed E-state index contributed by atoms with van der Waals surface area (Å²) >= 11 is 5.15. The van der Waals surface area contributed by atoms with Gasteiger partial charge < -0.3 is 0 Å². The zero-order chi connectivity index (χ0) is 8.10. The van der Waals surface area contributed by atoms with Gasteiger partial charge in [0.05, 0.1) is 0 Å². The van der Waals surface area contributed by atoms with Crippen LogP contribution in [0.2, 0.25) is 0 Å². The molecule has 0 unspecified atom stereocenters. The van der Waals surface area contributed by atoms with Gasteiger partial charge in [0.2, 0.25) is 0 Å². The molecular weight excluding hydrogens is 220 g/mol. The van der Waals surface area contributed by atoms with Crippen LogP contribution < -0.4 is 0 Å². The van der Waals surface area contributed by atoms with Crippen molar-refractivity contribution in [3.05, 3.63) is 28.5 Å². The normalized spacial score (nSPS) is 12.0. The Labute approximate surface area is 80.1 Å². The van der Waals surface area contributed by atoms with Gasteiger partial charge in [0, 0.05) is 5.33 Å². The smallest absolute Gasteiger partial charge is 0.00661 e. The number of thiophene rings is 1. The molecule has 0 saturated carbocycles. The second kappa shape index (κ2) is 4.73. The van der Waals surface area contributed by atoms with Crippen LogP contribution in [0.15, 0.2) is 22.9 Å². The predicted octanol–water partition coefficient (Wildman–Crippen LogP) is 3.94. The van der Waals surface area contributed by atoms with Crippen LogP contribution in [0.1, 0.15) is 18.9 Å². The monoisotopic (exact) mass is 230 g/mol. The Morgan fingerprint density at radius 1 is 1.73 bits per heavy atom. The first kappa shape index (κ1) is 9.01. The maximum atomic E-state index is 3.40. The third kappa shape index (κ3) is 2.80. The Morgan fingerprint density at radius 3 is 3.09 bits per heavy atom. The lowest BCUT2D eigenvalue weighted by Gasteiger charge is -1.94. The molecule has 0 N–H and O–H groups in total. The molecule has 0 fully saturated rings. The van der Waals surface area contributed by atoms with E-state index in [1.165, 1.54) is 11.1 Å². The molecule has 11 heavy (non-hydrogen) atoms. The van der Waals surface area contributed by atoms with Crippen molar-refractivity contribution < 1.29 is 0 Å². The van der Waals surface area contributed by atoms with Crippen LogP contribution in [0.3, 0.4) is 0 Å². The van der Waals surface area contributed by atoms with Crippen LogP contribution in [0.5, 0.6) is 0 Å². The molecule has 0 aromatic carbocycles. The van der Waals surface area contributed by atoms with Gasteiger partial charge in [-0.05, 0) is 41.3 Å². The fourth-order valence-corrected chi connectivity index (χ4v) is 1.82. The molecule has 0 aliphatic rings. The number of hydrogen-bond acceptors (Lipinski definition) is 1. The van der Waals surface area contributed by atoms with Crippen LogP contribution in [-0.2, 0) is 0 Å². The lowest BCUT2D eigenvalue weighted by atomic mass is 10.1. The van der Waals surface area contributed by atoms with E-state index >= 15 is 0 Å². The first-order valence-corrected chi connectivity index (χ1v) is 5.66. The molecule has 0 saturated heterocycles. The van der Waals surface area contributed by atoms with Gasteiger partial charge in [-0.1, -0.05) is 22.0 Å². The molecule has 0 atom stereocenters. The van der Waals surface area contributed by atoms with Crippen molar-refractivity contribution in [2.24, 2.45) is 0 Å². The van der Waals surface area contributed by atoms with E-state index in [2.05, 4.69) is 45.8 Å². The molecule has 0 aliphatic carbocycles. The number of halogens is 1. The van der Waals surface area contributed by atoms with Gasteiger partial charge in [-0.3, -0.25) is 0 Å². The third-order valence-corrected chi connectivity index (χ3v) is 2.68. The van der Waals surface area contributed by atoms with Crippen LogP contribution >= 0.6 is 27.3 Å². The molecule has 1 aromatic heterocycles. The highest BCUT2D eigenvalue weighted by atomic mass is 79.9. The minimum absolute atomic E-state index is 1.05. The second-order valence-electron chi connectivity index (χ2n) is 2.38. The molecular formula is C9H11BrS. The van der Waals surface area contributed by atoms with E-state index in [4.69, 9.17) is 0 Å². The Hall–Kier alpha value is -0.0800. The van der Waals surface area contributed by atoms with Crippen molar-refractivity contribution >= 4 is 32.8 Å². The van der Waals surface area contributed by atoms with Crippen molar-refractivity contribution in [1.29, 1.82) is 0 Å². The van der Waals surface area contributed by atoms with Gasteiger partial charge in [0.25, 0.3) is 0 Å². The number of alkyl halides is 1. The van der Waals surface area contributed by atoms with E-state index in [1.54, 1.807) is 11.3 Å². The first-order valence-electron chi connectivity index (χ1n) is 3.60. The van der Waals surface area contributed by atoms with Crippen molar-refractivity contribution in [3.63, 3.8) is 0 Å². The summed E-state index contributed by atoms with van der Waals surface area (Å²) in [5.74, 6) is 0.